The van der Waals surface area contributed by atoms with Crippen LogP contribution in [0.1, 0.15) is 25.8 Å². The van der Waals surface area contributed by atoms with E-state index in [4.69, 9.17) is 9.47 Å². The van der Waals surface area contributed by atoms with Crippen molar-refractivity contribution >= 4 is 0 Å². The minimum Gasteiger partial charge on any atom is -0.346 e. The minimum atomic E-state index is -0.484. The van der Waals surface area contributed by atoms with Gasteiger partial charge in [0.05, 0.1) is 12.7 Å². The summed E-state index contributed by atoms with van der Waals surface area (Å²) >= 11 is 0. The SMILES string of the molecule is C=C1COC(C)(C)OC1CCc1ccccc1. The Morgan fingerprint density at radius 1 is 1.29 bits per heavy atom. The standard InChI is InChI=1S/C15H20O2/c1-12-11-16-15(2,3)17-14(12)10-9-13-7-5-4-6-8-13/h4-8,14H,1,9-11H2,2-3H3. The van der Waals surface area contributed by atoms with Gasteiger partial charge in [0, 0.05) is 0 Å². The van der Waals surface area contributed by atoms with Crippen molar-refractivity contribution < 1.29 is 9.47 Å². The average molecular weight is 232 g/mol. The third-order valence-electron chi connectivity index (χ3n) is 3.02. The van der Waals surface area contributed by atoms with Crippen LogP contribution in [0.15, 0.2) is 42.5 Å². The van der Waals surface area contributed by atoms with Crippen molar-refractivity contribution in [1.82, 2.24) is 0 Å². The van der Waals surface area contributed by atoms with Crippen LogP contribution in [0.25, 0.3) is 0 Å². The van der Waals surface area contributed by atoms with Crippen LogP contribution in [-0.2, 0) is 15.9 Å². The fourth-order valence-electron chi connectivity index (χ4n) is 2.02. The number of hydrogen-bond donors (Lipinski definition) is 0. The molecular weight excluding hydrogens is 212 g/mol. The second-order valence-electron chi connectivity index (χ2n) is 4.98. The van der Waals surface area contributed by atoms with E-state index in [-0.39, 0.29) is 6.10 Å². The zero-order valence-electron chi connectivity index (χ0n) is 10.6. The molecule has 0 aromatic heterocycles. The number of rotatable bonds is 3. The predicted octanol–water partition coefficient (Wildman–Crippen LogP) is 3.33. The Hall–Kier alpha value is -1.12. The highest BCUT2D eigenvalue weighted by Gasteiger charge is 2.31. The molecule has 1 saturated heterocycles. The third-order valence-corrected chi connectivity index (χ3v) is 3.02. The Morgan fingerprint density at radius 2 is 2.00 bits per heavy atom. The first-order valence-electron chi connectivity index (χ1n) is 6.10. The highest BCUT2D eigenvalue weighted by atomic mass is 16.7. The summed E-state index contributed by atoms with van der Waals surface area (Å²) in [5.74, 6) is -0.484. The van der Waals surface area contributed by atoms with Crippen molar-refractivity contribution in [2.45, 2.75) is 38.6 Å². The molecule has 1 aromatic carbocycles. The maximum absolute atomic E-state index is 5.89. The molecule has 1 heterocycles. The maximum Gasteiger partial charge on any atom is 0.163 e. The van der Waals surface area contributed by atoms with Crippen LogP contribution in [0.3, 0.4) is 0 Å². The molecule has 92 valence electrons. The highest BCUT2D eigenvalue weighted by molar-refractivity contribution is 5.16. The normalized spacial score (nSPS) is 23.6. The van der Waals surface area contributed by atoms with E-state index in [2.05, 4.69) is 30.8 Å². The van der Waals surface area contributed by atoms with Gasteiger partial charge in [-0.3, -0.25) is 0 Å². The van der Waals surface area contributed by atoms with E-state index in [1.807, 2.05) is 19.9 Å². The van der Waals surface area contributed by atoms with Crippen LogP contribution in [0.2, 0.25) is 0 Å². The molecule has 0 radical (unpaired) electrons. The van der Waals surface area contributed by atoms with E-state index >= 15 is 0 Å². The molecule has 0 amide bonds. The van der Waals surface area contributed by atoms with E-state index in [0.29, 0.717) is 6.61 Å². The molecule has 0 bridgehead atoms. The molecule has 2 nitrogen and oxygen atoms in total. The Morgan fingerprint density at radius 3 is 2.71 bits per heavy atom. The molecule has 1 aliphatic rings. The van der Waals surface area contributed by atoms with Crippen LogP contribution in [0, 0.1) is 0 Å². The van der Waals surface area contributed by atoms with Crippen molar-refractivity contribution in [3.63, 3.8) is 0 Å². The predicted molar refractivity (Wildman–Crippen MR) is 68.8 cm³/mol. The average Bonchev–Trinajstić information content (AvgIpc) is 2.32. The van der Waals surface area contributed by atoms with Gasteiger partial charge in [-0.05, 0) is 37.8 Å². The lowest BCUT2D eigenvalue weighted by atomic mass is 10.0. The number of aryl methyl sites for hydroxylation is 1. The third kappa shape index (κ3) is 3.42. The lowest BCUT2D eigenvalue weighted by Crippen LogP contribution is -2.41. The van der Waals surface area contributed by atoms with Crippen molar-refractivity contribution in [3.8, 4) is 0 Å². The van der Waals surface area contributed by atoms with E-state index < -0.39 is 5.79 Å². The summed E-state index contributed by atoms with van der Waals surface area (Å²) in [6, 6.07) is 10.5. The van der Waals surface area contributed by atoms with Gasteiger partial charge >= 0.3 is 0 Å². The Kier molecular flexibility index (Phi) is 3.65. The van der Waals surface area contributed by atoms with Gasteiger partial charge in [-0.15, -0.1) is 0 Å². The van der Waals surface area contributed by atoms with Crippen LogP contribution >= 0.6 is 0 Å². The van der Waals surface area contributed by atoms with E-state index in [1.54, 1.807) is 0 Å². The molecule has 0 aliphatic carbocycles. The molecule has 1 aliphatic heterocycles. The molecule has 2 heteroatoms. The maximum atomic E-state index is 5.89. The highest BCUT2D eigenvalue weighted by Crippen LogP contribution is 2.27. The number of hydrogen-bond acceptors (Lipinski definition) is 2. The van der Waals surface area contributed by atoms with Crippen molar-refractivity contribution in [1.29, 1.82) is 0 Å². The lowest BCUT2D eigenvalue weighted by molar-refractivity contribution is -0.252. The van der Waals surface area contributed by atoms with Crippen molar-refractivity contribution in [2.24, 2.45) is 0 Å². The van der Waals surface area contributed by atoms with Gasteiger partial charge in [-0.25, -0.2) is 0 Å². The molecule has 1 fully saturated rings. The molecule has 17 heavy (non-hydrogen) atoms. The molecule has 1 aromatic rings. The van der Waals surface area contributed by atoms with Gasteiger partial charge in [-0.1, -0.05) is 36.9 Å². The monoisotopic (exact) mass is 232 g/mol. The minimum absolute atomic E-state index is 0.110. The van der Waals surface area contributed by atoms with Crippen molar-refractivity contribution in [3.05, 3.63) is 48.0 Å². The topological polar surface area (TPSA) is 18.5 Å². The molecule has 1 unspecified atom stereocenters. The first-order chi connectivity index (χ1) is 8.07. The number of benzene rings is 1. The van der Waals surface area contributed by atoms with Gasteiger partial charge in [-0.2, -0.15) is 0 Å². The quantitative estimate of drug-likeness (QED) is 0.744. The van der Waals surface area contributed by atoms with Gasteiger partial charge in [0.15, 0.2) is 5.79 Å². The summed E-state index contributed by atoms with van der Waals surface area (Å²) in [7, 11) is 0. The van der Waals surface area contributed by atoms with Crippen LogP contribution in [0.4, 0.5) is 0 Å². The largest absolute Gasteiger partial charge is 0.346 e. The molecule has 1 atom stereocenters. The second kappa shape index (κ2) is 5.03. The summed E-state index contributed by atoms with van der Waals surface area (Å²) in [5, 5.41) is 0. The summed E-state index contributed by atoms with van der Waals surface area (Å²) in [4.78, 5) is 0. The van der Waals surface area contributed by atoms with Gasteiger partial charge < -0.3 is 9.47 Å². The molecule has 0 spiro atoms. The Balaban J connectivity index is 1.92. The van der Waals surface area contributed by atoms with E-state index in [9.17, 15) is 0 Å². The van der Waals surface area contributed by atoms with Crippen LogP contribution in [0.5, 0.6) is 0 Å². The molecule has 0 saturated carbocycles. The molecule has 2 rings (SSSR count). The van der Waals surface area contributed by atoms with Crippen molar-refractivity contribution in [2.75, 3.05) is 6.61 Å². The molecular formula is C15H20O2. The Labute approximate surface area is 103 Å². The number of ether oxygens (including phenoxy) is 2. The first kappa shape index (κ1) is 12.3. The van der Waals surface area contributed by atoms with Gasteiger partial charge in [0.25, 0.3) is 0 Å². The lowest BCUT2D eigenvalue weighted by Gasteiger charge is -2.37. The second-order valence-corrected chi connectivity index (χ2v) is 4.98. The van der Waals surface area contributed by atoms with Gasteiger partial charge in [0.2, 0.25) is 0 Å². The molecule has 0 N–H and O–H groups in total. The van der Waals surface area contributed by atoms with E-state index in [0.717, 1.165) is 18.4 Å². The smallest absolute Gasteiger partial charge is 0.163 e. The fraction of sp³-hybridized carbons (Fsp3) is 0.467. The zero-order chi connectivity index (χ0) is 12.3. The summed E-state index contributed by atoms with van der Waals surface area (Å²) in [6.45, 7) is 8.53. The van der Waals surface area contributed by atoms with E-state index in [1.165, 1.54) is 5.56 Å². The summed E-state index contributed by atoms with van der Waals surface area (Å²) in [5.41, 5.74) is 2.38. The fourth-order valence-corrected chi connectivity index (χ4v) is 2.02. The zero-order valence-corrected chi connectivity index (χ0v) is 10.6. The summed E-state index contributed by atoms with van der Waals surface area (Å²) in [6.07, 6.45) is 2.09. The van der Waals surface area contributed by atoms with Crippen LogP contribution in [-0.4, -0.2) is 18.5 Å². The first-order valence-corrected chi connectivity index (χ1v) is 6.10. The van der Waals surface area contributed by atoms with Gasteiger partial charge in [0.1, 0.15) is 0 Å². The van der Waals surface area contributed by atoms with Crippen LogP contribution < -0.4 is 0 Å². The summed E-state index contributed by atoms with van der Waals surface area (Å²) < 4.78 is 11.4. The Bertz CT molecular complexity index is 381.